The van der Waals surface area contributed by atoms with E-state index in [2.05, 4.69) is 79.9 Å². The zero-order valence-corrected chi connectivity index (χ0v) is 12.8. The summed E-state index contributed by atoms with van der Waals surface area (Å²) in [5.41, 5.74) is 5.15. The van der Waals surface area contributed by atoms with E-state index in [4.69, 9.17) is 0 Å². The average Bonchev–Trinajstić information content (AvgIpc) is 2.45. The fraction of sp³-hybridized carbons (Fsp3) is 0.333. The van der Waals surface area contributed by atoms with Crippen molar-refractivity contribution in [2.24, 2.45) is 0 Å². The predicted octanol–water partition coefficient (Wildman–Crippen LogP) is 4.64. The molecule has 0 aliphatic rings. The Morgan fingerprint density at radius 3 is 2.20 bits per heavy atom. The molecule has 2 N–H and O–H groups in total. The molecule has 2 nitrogen and oxygen atoms in total. The van der Waals surface area contributed by atoms with Crippen molar-refractivity contribution in [3.8, 4) is 0 Å². The van der Waals surface area contributed by atoms with E-state index in [9.17, 15) is 0 Å². The van der Waals surface area contributed by atoms with Gasteiger partial charge in [-0.05, 0) is 40.8 Å². The van der Waals surface area contributed by atoms with E-state index in [0.29, 0.717) is 0 Å². The summed E-state index contributed by atoms with van der Waals surface area (Å²) in [6, 6.07) is 17.2. The second-order valence-electron chi connectivity index (χ2n) is 6.13. The maximum Gasteiger partial charge on any atom is 0.0401 e. The van der Waals surface area contributed by atoms with Crippen LogP contribution in [0.1, 0.15) is 31.9 Å². The summed E-state index contributed by atoms with van der Waals surface area (Å²) in [5, 5.41) is 6.62. The summed E-state index contributed by atoms with van der Waals surface area (Å²) < 4.78 is 0. The van der Waals surface area contributed by atoms with Crippen molar-refractivity contribution in [3.63, 3.8) is 0 Å². The molecule has 0 aromatic heterocycles. The van der Waals surface area contributed by atoms with Crippen LogP contribution < -0.4 is 10.6 Å². The summed E-state index contributed by atoms with van der Waals surface area (Å²) in [7, 11) is 1.94. The van der Waals surface area contributed by atoms with Gasteiger partial charge in [0, 0.05) is 25.0 Å². The van der Waals surface area contributed by atoms with E-state index < -0.39 is 0 Å². The van der Waals surface area contributed by atoms with Crippen molar-refractivity contribution in [2.45, 2.75) is 32.7 Å². The highest BCUT2D eigenvalue weighted by atomic mass is 14.9. The van der Waals surface area contributed by atoms with Crippen LogP contribution in [0.3, 0.4) is 0 Å². The van der Waals surface area contributed by atoms with E-state index in [1.807, 2.05) is 7.05 Å². The van der Waals surface area contributed by atoms with Gasteiger partial charge < -0.3 is 10.6 Å². The number of benzene rings is 2. The van der Waals surface area contributed by atoms with E-state index in [1.54, 1.807) is 0 Å². The highest BCUT2D eigenvalue weighted by Gasteiger charge is 2.12. The molecular formula is C18H24N2. The molecule has 20 heavy (non-hydrogen) atoms. The molecule has 0 saturated heterocycles. The van der Waals surface area contributed by atoms with E-state index in [1.165, 1.54) is 11.1 Å². The van der Waals surface area contributed by atoms with Crippen LogP contribution in [-0.2, 0) is 12.0 Å². The average molecular weight is 268 g/mol. The zero-order chi connectivity index (χ0) is 14.6. The van der Waals surface area contributed by atoms with Gasteiger partial charge in [0.15, 0.2) is 0 Å². The van der Waals surface area contributed by atoms with Gasteiger partial charge in [-0.3, -0.25) is 0 Å². The number of anilines is 2. The normalized spacial score (nSPS) is 11.2. The van der Waals surface area contributed by atoms with Crippen molar-refractivity contribution >= 4 is 11.4 Å². The molecule has 106 valence electrons. The Bertz CT molecular complexity index is 550. The fourth-order valence-corrected chi connectivity index (χ4v) is 2.13. The third-order valence-corrected chi connectivity index (χ3v) is 3.46. The summed E-state index contributed by atoms with van der Waals surface area (Å²) in [6.45, 7) is 7.54. The third kappa shape index (κ3) is 3.77. The SMILES string of the molecule is CNc1cccc(CNc2ccc(C(C)(C)C)cc2)c1. The van der Waals surface area contributed by atoms with Crippen LogP contribution >= 0.6 is 0 Å². The van der Waals surface area contributed by atoms with Crippen molar-refractivity contribution in [2.75, 3.05) is 17.7 Å². The van der Waals surface area contributed by atoms with Gasteiger partial charge in [-0.2, -0.15) is 0 Å². The molecule has 2 heteroatoms. The lowest BCUT2D eigenvalue weighted by Gasteiger charge is -2.19. The first-order valence-corrected chi connectivity index (χ1v) is 7.10. The van der Waals surface area contributed by atoms with Crippen LogP contribution in [-0.4, -0.2) is 7.05 Å². The van der Waals surface area contributed by atoms with Gasteiger partial charge in [0.25, 0.3) is 0 Å². The molecule has 0 unspecified atom stereocenters. The first-order valence-electron chi connectivity index (χ1n) is 7.10. The van der Waals surface area contributed by atoms with Crippen LogP contribution in [0.15, 0.2) is 48.5 Å². The second kappa shape index (κ2) is 6.00. The monoisotopic (exact) mass is 268 g/mol. The number of hydrogen-bond donors (Lipinski definition) is 2. The summed E-state index contributed by atoms with van der Waals surface area (Å²) in [5.74, 6) is 0. The quantitative estimate of drug-likeness (QED) is 0.844. The lowest BCUT2D eigenvalue weighted by atomic mass is 9.87. The number of hydrogen-bond acceptors (Lipinski definition) is 2. The van der Waals surface area contributed by atoms with Gasteiger partial charge in [0.2, 0.25) is 0 Å². The largest absolute Gasteiger partial charge is 0.388 e. The molecule has 0 bridgehead atoms. The summed E-state index contributed by atoms with van der Waals surface area (Å²) in [6.07, 6.45) is 0. The second-order valence-corrected chi connectivity index (χ2v) is 6.13. The van der Waals surface area contributed by atoms with Gasteiger partial charge in [0.05, 0.1) is 0 Å². The molecule has 2 aromatic carbocycles. The Hall–Kier alpha value is -1.96. The number of nitrogens with one attached hydrogen (secondary N) is 2. The first-order chi connectivity index (χ1) is 9.49. The molecule has 0 aliphatic carbocycles. The Morgan fingerprint density at radius 1 is 0.900 bits per heavy atom. The van der Waals surface area contributed by atoms with Crippen LogP contribution in [0.5, 0.6) is 0 Å². The molecular weight excluding hydrogens is 244 g/mol. The lowest BCUT2D eigenvalue weighted by molar-refractivity contribution is 0.590. The van der Waals surface area contributed by atoms with Crippen LogP contribution in [0.2, 0.25) is 0 Å². The Labute approximate surface area is 122 Å². The van der Waals surface area contributed by atoms with Crippen molar-refractivity contribution < 1.29 is 0 Å². The summed E-state index contributed by atoms with van der Waals surface area (Å²) in [4.78, 5) is 0. The van der Waals surface area contributed by atoms with Crippen molar-refractivity contribution in [3.05, 3.63) is 59.7 Å². The maximum atomic E-state index is 3.46. The minimum absolute atomic E-state index is 0.208. The molecule has 0 fully saturated rings. The predicted molar refractivity (Wildman–Crippen MR) is 88.5 cm³/mol. The van der Waals surface area contributed by atoms with E-state index >= 15 is 0 Å². The Morgan fingerprint density at radius 2 is 1.60 bits per heavy atom. The van der Waals surface area contributed by atoms with Gasteiger partial charge in [-0.25, -0.2) is 0 Å². The van der Waals surface area contributed by atoms with Crippen molar-refractivity contribution in [1.82, 2.24) is 0 Å². The lowest BCUT2D eigenvalue weighted by Crippen LogP contribution is -2.10. The van der Waals surface area contributed by atoms with E-state index in [-0.39, 0.29) is 5.41 Å². The topological polar surface area (TPSA) is 24.1 Å². The molecule has 2 aromatic rings. The van der Waals surface area contributed by atoms with Gasteiger partial charge in [0.1, 0.15) is 0 Å². The molecule has 0 heterocycles. The highest BCUT2D eigenvalue weighted by Crippen LogP contribution is 2.23. The summed E-state index contributed by atoms with van der Waals surface area (Å²) >= 11 is 0. The molecule has 0 atom stereocenters. The molecule has 0 radical (unpaired) electrons. The minimum Gasteiger partial charge on any atom is -0.388 e. The number of rotatable bonds is 4. The highest BCUT2D eigenvalue weighted by molar-refractivity contribution is 5.49. The molecule has 0 spiro atoms. The molecule has 0 saturated carbocycles. The first kappa shape index (κ1) is 14.4. The van der Waals surface area contributed by atoms with Crippen molar-refractivity contribution in [1.29, 1.82) is 0 Å². The standard InChI is InChI=1S/C18H24N2/c1-18(2,3)15-8-10-16(11-9-15)20-13-14-6-5-7-17(12-14)19-4/h5-12,19-20H,13H2,1-4H3. The Kier molecular flexibility index (Phi) is 4.33. The Balaban J connectivity index is 2.00. The van der Waals surface area contributed by atoms with Gasteiger partial charge >= 0.3 is 0 Å². The van der Waals surface area contributed by atoms with E-state index in [0.717, 1.165) is 17.9 Å². The third-order valence-electron chi connectivity index (χ3n) is 3.46. The van der Waals surface area contributed by atoms with Gasteiger partial charge in [-0.1, -0.05) is 45.0 Å². The molecule has 0 amide bonds. The van der Waals surface area contributed by atoms with Crippen LogP contribution in [0.25, 0.3) is 0 Å². The van der Waals surface area contributed by atoms with Crippen LogP contribution in [0.4, 0.5) is 11.4 Å². The zero-order valence-electron chi connectivity index (χ0n) is 12.8. The molecule has 0 aliphatic heterocycles. The minimum atomic E-state index is 0.208. The van der Waals surface area contributed by atoms with Crippen LogP contribution in [0, 0.1) is 0 Å². The smallest absolute Gasteiger partial charge is 0.0401 e. The fourth-order valence-electron chi connectivity index (χ4n) is 2.13. The van der Waals surface area contributed by atoms with Gasteiger partial charge in [-0.15, -0.1) is 0 Å². The maximum absolute atomic E-state index is 3.46. The molecule has 2 rings (SSSR count).